The molecule has 6 heteroatoms. The number of carbonyl (C=O) groups is 1. The maximum absolute atomic E-state index is 12.2. The number of aliphatic hydroxyl groups excluding tert-OH is 1. The second-order valence-corrected chi connectivity index (χ2v) is 5.39. The number of carbonyl (C=O) groups excluding carboxylic acids is 1. The Morgan fingerprint density at radius 1 is 1.13 bits per heavy atom. The van der Waals surface area contributed by atoms with Gasteiger partial charge in [0.05, 0.1) is 5.69 Å². The monoisotopic (exact) mass is 328 g/mol. The molecule has 1 heterocycles. The van der Waals surface area contributed by atoms with Gasteiger partial charge in [-0.1, -0.05) is 23.7 Å². The summed E-state index contributed by atoms with van der Waals surface area (Å²) in [5.41, 5.74) is 0.933. The Hall–Kier alpha value is -2.63. The Kier molecular flexibility index (Phi) is 4.14. The van der Waals surface area contributed by atoms with Crippen LogP contribution in [0.3, 0.4) is 0 Å². The number of aromatic nitrogens is 1. The summed E-state index contributed by atoms with van der Waals surface area (Å²) in [5, 5.41) is 24.1. The molecule has 0 aliphatic heterocycles. The molecule has 0 saturated carbocycles. The van der Waals surface area contributed by atoms with Crippen LogP contribution in [0.4, 0.5) is 5.69 Å². The smallest absolute Gasteiger partial charge is 0.211 e. The summed E-state index contributed by atoms with van der Waals surface area (Å²) >= 11 is 5.77. The van der Waals surface area contributed by atoms with E-state index in [1.807, 2.05) is 0 Å². The molecule has 0 aliphatic rings. The van der Waals surface area contributed by atoms with Crippen molar-refractivity contribution in [3.05, 3.63) is 65.3 Å². The number of rotatable bonds is 4. The van der Waals surface area contributed by atoms with E-state index in [1.54, 1.807) is 42.6 Å². The number of phenolic OH excluding ortho intramolecular Hbond substituents is 1. The molecular weight excluding hydrogens is 316 g/mol. The lowest BCUT2D eigenvalue weighted by atomic mass is 10.1. The summed E-state index contributed by atoms with van der Waals surface area (Å²) in [5.74, 6) is -0.645. The van der Waals surface area contributed by atoms with Gasteiger partial charge >= 0.3 is 0 Å². The molecule has 0 saturated heterocycles. The number of aromatic hydroxyl groups is 1. The lowest BCUT2D eigenvalue weighted by molar-refractivity contribution is 0.0793. The zero-order valence-corrected chi connectivity index (χ0v) is 12.7. The fourth-order valence-corrected chi connectivity index (χ4v) is 2.36. The SMILES string of the molecule is O=C(c1ccc(Cl)cc1)C(O)Nc1ccc2cccnc2c1O. The van der Waals surface area contributed by atoms with Gasteiger partial charge in [-0.05, 0) is 36.4 Å². The highest BCUT2D eigenvalue weighted by atomic mass is 35.5. The zero-order chi connectivity index (χ0) is 16.4. The van der Waals surface area contributed by atoms with Crippen molar-refractivity contribution in [2.45, 2.75) is 6.23 Å². The lowest BCUT2D eigenvalue weighted by Crippen LogP contribution is -2.29. The molecule has 3 aromatic rings. The van der Waals surface area contributed by atoms with E-state index in [0.29, 0.717) is 16.1 Å². The largest absolute Gasteiger partial charge is 0.504 e. The molecular formula is C17H13ClN2O3. The second kappa shape index (κ2) is 6.24. The first-order valence-corrected chi connectivity index (χ1v) is 7.25. The molecule has 1 aromatic heterocycles. The number of nitrogens with one attached hydrogen (secondary N) is 1. The molecule has 3 N–H and O–H groups in total. The molecule has 0 fully saturated rings. The van der Waals surface area contributed by atoms with Crippen LogP contribution in [0.15, 0.2) is 54.7 Å². The van der Waals surface area contributed by atoms with E-state index in [-0.39, 0.29) is 11.4 Å². The van der Waals surface area contributed by atoms with E-state index < -0.39 is 12.0 Å². The molecule has 0 bridgehead atoms. The van der Waals surface area contributed by atoms with Gasteiger partial charge in [0.15, 0.2) is 12.0 Å². The van der Waals surface area contributed by atoms with Crippen LogP contribution in [0.25, 0.3) is 10.9 Å². The number of anilines is 1. The number of fused-ring (bicyclic) bond motifs is 1. The van der Waals surface area contributed by atoms with Crippen molar-refractivity contribution < 1.29 is 15.0 Å². The first kappa shape index (κ1) is 15.3. The number of ketones is 1. The number of hydrogen-bond donors (Lipinski definition) is 3. The number of pyridine rings is 1. The minimum absolute atomic E-state index is 0.119. The molecule has 2 aromatic carbocycles. The van der Waals surface area contributed by atoms with Crippen LogP contribution in [-0.2, 0) is 0 Å². The summed E-state index contributed by atoms with van der Waals surface area (Å²) in [6.07, 6.45) is 0.0597. The second-order valence-electron chi connectivity index (χ2n) is 4.95. The molecule has 0 spiro atoms. The fourth-order valence-electron chi connectivity index (χ4n) is 2.23. The molecule has 0 aliphatic carbocycles. The van der Waals surface area contributed by atoms with Gasteiger partial charge in [-0.25, -0.2) is 0 Å². The van der Waals surface area contributed by atoms with Crippen LogP contribution >= 0.6 is 11.6 Å². The minimum atomic E-state index is -1.50. The van der Waals surface area contributed by atoms with E-state index in [2.05, 4.69) is 10.3 Å². The third kappa shape index (κ3) is 3.11. The van der Waals surface area contributed by atoms with E-state index in [1.165, 1.54) is 12.1 Å². The first-order chi connectivity index (χ1) is 11.1. The summed E-state index contributed by atoms with van der Waals surface area (Å²) < 4.78 is 0. The van der Waals surface area contributed by atoms with Gasteiger partial charge in [0.2, 0.25) is 5.78 Å². The van der Waals surface area contributed by atoms with E-state index in [4.69, 9.17) is 11.6 Å². The highest BCUT2D eigenvalue weighted by molar-refractivity contribution is 6.30. The van der Waals surface area contributed by atoms with Crippen molar-refractivity contribution in [2.24, 2.45) is 0 Å². The van der Waals surface area contributed by atoms with Crippen molar-refractivity contribution in [2.75, 3.05) is 5.32 Å². The lowest BCUT2D eigenvalue weighted by Gasteiger charge is -2.15. The van der Waals surface area contributed by atoms with Gasteiger partial charge < -0.3 is 15.5 Å². The van der Waals surface area contributed by atoms with Gasteiger partial charge in [0, 0.05) is 22.2 Å². The molecule has 3 rings (SSSR count). The molecule has 1 atom stereocenters. The Labute approximate surface area is 137 Å². The Bertz CT molecular complexity index is 865. The minimum Gasteiger partial charge on any atom is -0.504 e. The Balaban J connectivity index is 1.85. The molecule has 0 radical (unpaired) electrons. The van der Waals surface area contributed by atoms with Crippen LogP contribution in [0.1, 0.15) is 10.4 Å². The number of hydrogen-bond acceptors (Lipinski definition) is 5. The van der Waals surface area contributed by atoms with Crippen molar-refractivity contribution >= 4 is 34.0 Å². The summed E-state index contributed by atoms with van der Waals surface area (Å²) in [6.45, 7) is 0. The number of halogens is 1. The predicted molar refractivity (Wildman–Crippen MR) is 88.8 cm³/mol. The van der Waals surface area contributed by atoms with Crippen LogP contribution in [-0.4, -0.2) is 27.2 Å². The van der Waals surface area contributed by atoms with Crippen molar-refractivity contribution in [3.63, 3.8) is 0 Å². The third-order valence-corrected chi connectivity index (χ3v) is 3.67. The molecule has 116 valence electrons. The first-order valence-electron chi connectivity index (χ1n) is 6.87. The highest BCUT2D eigenvalue weighted by Crippen LogP contribution is 2.31. The van der Waals surface area contributed by atoms with Gasteiger partial charge in [-0.3, -0.25) is 9.78 Å². The number of phenols is 1. The number of Topliss-reactive ketones (excluding diaryl/α,β-unsaturated/α-hetero) is 1. The van der Waals surface area contributed by atoms with Crippen molar-refractivity contribution in [1.82, 2.24) is 4.98 Å². The quantitative estimate of drug-likeness (QED) is 0.389. The maximum atomic E-state index is 12.2. The molecule has 5 nitrogen and oxygen atoms in total. The molecule has 1 unspecified atom stereocenters. The van der Waals surface area contributed by atoms with Crippen LogP contribution in [0.5, 0.6) is 5.75 Å². The highest BCUT2D eigenvalue weighted by Gasteiger charge is 2.19. The van der Waals surface area contributed by atoms with Gasteiger partial charge in [0.25, 0.3) is 0 Å². The molecule has 23 heavy (non-hydrogen) atoms. The van der Waals surface area contributed by atoms with Crippen LogP contribution in [0.2, 0.25) is 5.02 Å². The van der Waals surface area contributed by atoms with E-state index >= 15 is 0 Å². The van der Waals surface area contributed by atoms with Crippen LogP contribution < -0.4 is 5.32 Å². The number of nitrogens with zero attached hydrogens (tertiary/aromatic N) is 1. The van der Waals surface area contributed by atoms with Crippen LogP contribution in [0, 0.1) is 0 Å². The average Bonchev–Trinajstić information content (AvgIpc) is 2.57. The predicted octanol–water partition coefficient (Wildman–Crippen LogP) is 3.21. The third-order valence-electron chi connectivity index (χ3n) is 3.42. The van der Waals surface area contributed by atoms with Gasteiger partial charge in [0.1, 0.15) is 5.52 Å². The summed E-state index contributed by atoms with van der Waals surface area (Å²) in [4.78, 5) is 16.3. The summed E-state index contributed by atoms with van der Waals surface area (Å²) in [6, 6.07) is 13.1. The standard InChI is InChI=1S/C17H13ClN2O3/c18-12-6-3-11(4-7-12)15(21)17(23)20-13-8-5-10-2-1-9-19-14(10)16(13)22/h1-9,17,20,22-23H. The zero-order valence-electron chi connectivity index (χ0n) is 11.9. The normalized spacial score (nSPS) is 12.1. The topological polar surface area (TPSA) is 82.5 Å². The maximum Gasteiger partial charge on any atom is 0.211 e. The van der Waals surface area contributed by atoms with E-state index in [0.717, 1.165) is 5.39 Å². The van der Waals surface area contributed by atoms with Crippen molar-refractivity contribution in [3.8, 4) is 5.75 Å². The summed E-state index contributed by atoms with van der Waals surface area (Å²) in [7, 11) is 0. The van der Waals surface area contributed by atoms with Gasteiger partial charge in [-0.15, -0.1) is 0 Å². The Morgan fingerprint density at radius 2 is 1.87 bits per heavy atom. The fraction of sp³-hybridized carbons (Fsp3) is 0.0588. The van der Waals surface area contributed by atoms with Gasteiger partial charge in [-0.2, -0.15) is 0 Å². The molecule has 0 amide bonds. The number of benzene rings is 2. The Morgan fingerprint density at radius 3 is 2.61 bits per heavy atom. The average molecular weight is 329 g/mol. The van der Waals surface area contributed by atoms with E-state index in [9.17, 15) is 15.0 Å². The van der Waals surface area contributed by atoms with Crippen molar-refractivity contribution in [1.29, 1.82) is 0 Å². The number of aliphatic hydroxyl groups is 1.